The van der Waals surface area contributed by atoms with Crippen molar-refractivity contribution >= 4 is 51.6 Å². The number of Topliss-reactive ketones (excluding diaryl/α,β-unsaturated/α-hetero) is 1. The van der Waals surface area contributed by atoms with Gasteiger partial charge < -0.3 is 19.4 Å². The summed E-state index contributed by atoms with van der Waals surface area (Å²) in [5.41, 5.74) is -1.56. The Morgan fingerprint density at radius 1 is 1.00 bits per heavy atom. The van der Waals surface area contributed by atoms with Crippen molar-refractivity contribution in [2.24, 2.45) is 0 Å². The van der Waals surface area contributed by atoms with Crippen LogP contribution in [0.2, 0.25) is 10.0 Å². The Morgan fingerprint density at radius 3 is 2.17 bits per heavy atom. The molecule has 42 heavy (non-hydrogen) atoms. The van der Waals surface area contributed by atoms with Gasteiger partial charge in [0.1, 0.15) is 24.3 Å². The summed E-state index contributed by atoms with van der Waals surface area (Å²) in [6.45, 7) is 5.09. The third kappa shape index (κ3) is 7.60. The van der Waals surface area contributed by atoms with Crippen molar-refractivity contribution in [1.29, 1.82) is 0 Å². The first-order valence-corrected chi connectivity index (χ1v) is 13.3. The number of nitrogens with one attached hydrogen (secondary N) is 1. The number of carbonyl (C=O) groups excluding carboxylic acids is 3. The molecule has 2 aromatic carbocycles. The second kappa shape index (κ2) is 13.1. The summed E-state index contributed by atoms with van der Waals surface area (Å²) in [6.07, 6.45) is 0.673. The number of nitrogens with zero attached hydrogens (tertiary/aromatic N) is 1. The summed E-state index contributed by atoms with van der Waals surface area (Å²) < 4.78 is 66.2. The highest BCUT2D eigenvalue weighted by Crippen LogP contribution is 2.28. The zero-order valence-corrected chi connectivity index (χ0v) is 24.3. The topological polar surface area (TPSA) is 104 Å². The number of amides is 1. The molecule has 0 aliphatic carbocycles. The highest BCUT2D eigenvalue weighted by Gasteiger charge is 2.31. The van der Waals surface area contributed by atoms with Gasteiger partial charge in [-0.2, -0.15) is 8.78 Å². The number of esters is 1. The molecule has 0 saturated heterocycles. The molecule has 1 heterocycles. The van der Waals surface area contributed by atoms with E-state index in [1.165, 1.54) is 24.4 Å². The van der Waals surface area contributed by atoms with Crippen LogP contribution in [0.15, 0.2) is 35.3 Å². The molecular weight excluding hydrogens is 607 g/mol. The Bertz CT molecular complexity index is 1580. The molecule has 0 radical (unpaired) electrons. The molecule has 0 fully saturated rings. The molecule has 226 valence electrons. The largest absolute Gasteiger partial charge is 0.479 e. The molecule has 1 amide bonds. The summed E-state index contributed by atoms with van der Waals surface area (Å²) in [5, 5.41) is 3.32. The van der Waals surface area contributed by atoms with Gasteiger partial charge in [0.25, 0.3) is 5.56 Å². The van der Waals surface area contributed by atoms with Crippen molar-refractivity contribution < 1.29 is 41.4 Å². The predicted molar refractivity (Wildman–Crippen MR) is 147 cm³/mol. The van der Waals surface area contributed by atoms with E-state index in [0.29, 0.717) is 5.39 Å². The predicted octanol–water partition coefficient (Wildman–Crippen LogP) is 5.68. The minimum Gasteiger partial charge on any atom is -0.479 e. The van der Waals surface area contributed by atoms with Gasteiger partial charge in [0.2, 0.25) is 17.5 Å². The fourth-order valence-corrected chi connectivity index (χ4v) is 4.33. The van der Waals surface area contributed by atoms with Gasteiger partial charge in [-0.1, -0.05) is 30.1 Å². The lowest BCUT2D eigenvalue weighted by Crippen LogP contribution is -2.48. The summed E-state index contributed by atoms with van der Waals surface area (Å²) in [6, 6.07) is 1.48. The number of carbonyl (C=O) groups is 3. The number of aromatic nitrogens is 1. The average Bonchev–Trinajstić information content (AvgIpc) is 2.89. The average molecular weight is 633 g/mol. The van der Waals surface area contributed by atoms with Gasteiger partial charge >= 0.3 is 5.97 Å². The van der Waals surface area contributed by atoms with E-state index in [-0.39, 0.29) is 27.9 Å². The normalized spacial score (nSPS) is 13.0. The summed E-state index contributed by atoms with van der Waals surface area (Å²) in [7, 11) is 0. The number of hydrogen-bond acceptors (Lipinski definition) is 6. The van der Waals surface area contributed by atoms with Gasteiger partial charge in [0.15, 0.2) is 23.2 Å². The van der Waals surface area contributed by atoms with E-state index in [1.807, 2.05) is 0 Å². The first kappa shape index (κ1) is 32.9. The van der Waals surface area contributed by atoms with Gasteiger partial charge in [-0.25, -0.2) is 8.78 Å². The monoisotopic (exact) mass is 632 g/mol. The van der Waals surface area contributed by atoms with E-state index in [9.17, 15) is 36.7 Å². The first-order valence-electron chi connectivity index (χ1n) is 12.5. The second-order valence-corrected chi connectivity index (χ2v) is 11.0. The summed E-state index contributed by atoms with van der Waals surface area (Å²) in [4.78, 5) is 52.1. The van der Waals surface area contributed by atoms with E-state index >= 15 is 0 Å². The van der Waals surface area contributed by atoms with Crippen molar-refractivity contribution in [3.63, 3.8) is 0 Å². The van der Waals surface area contributed by atoms with Crippen LogP contribution in [0.5, 0.6) is 5.75 Å². The fraction of sp³-hybridized carbons (Fsp3) is 0.357. The number of hydrogen-bond donors (Lipinski definition) is 1. The number of rotatable bonds is 10. The van der Waals surface area contributed by atoms with Crippen molar-refractivity contribution in [2.75, 3.05) is 6.61 Å². The van der Waals surface area contributed by atoms with Crippen molar-refractivity contribution in [1.82, 2.24) is 9.88 Å². The number of ether oxygens (including phenoxy) is 2. The Hall–Kier alpha value is -3.64. The zero-order valence-electron chi connectivity index (χ0n) is 22.8. The molecule has 0 aliphatic heterocycles. The van der Waals surface area contributed by atoms with Gasteiger partial charge in [-0.3, -0.25) is 19.2 Å². The number of ketones is 1. The van der Waals surface area contributed by atoms with Crippen LogP contribution in [-0.4, -0.2) is 40.5 Å². The van der Waals surface area contributed by atoms with Crippen LogP contribution in [-0.2, 0) is 19.1 Å². The molecule has 8 nitrogen and oxygen atoms in total. The van der Waals surface area contributed by atoms with Crippen molar-refractivity contribution in [3.05, 3.63) is 74.1 Å². The van der Waals surface area contributed by atoms with E-state index in [4.69, 9.17) is 32.7 Å². The van der Waals surface area contributed by atoms with Crippen LogP contribution in [0.3, 0.4) is 0 Å². The Labute approximate surface area is 247 Å². The molecule has 2 atom stereocenters. The molecule has 0 saturated carbocycles. The fourth-order valence-electron chi connectivity index (χ4n) is 3.99. The molecule has 1 aromatic heterocycles. The van der Waals surface area contributed by atoms with E-state index in [1.54, 1.807) is 27.7 Å². The maximum absolute atomic E-state index is 14.0. The van der Waals surface area contributed by atoms with Crippen LogP contribution >= 0.6 is 23.2 Å². The number of benzene rings is 2. The molecule has 3 aromatic rings. The third-order valence-corrected chi connectivity index (χ3v) is 6.65. The number of fused-ring (bicyclic) bond motifs is 1. The molecular formula is C28H26Cl2F4N2O6. The van der Waals surface area contributed by atoms with Gasteiger partial charge in [-0.15, -0.1) is 0 Å². The SMILES string of the molecule is CC[C@@H](C(=O)NC(CC(=O)OC(C)(C)C)C(=O)COc1c(F)c(F)cc(F)c1F)n1ccc2cc(Cl)c(Cl)cc2c1=O. The van der Waals surface area contributed by atoms with Crippen LogP contribution in [0.1, 0.15) is 46.6 Å². The lowest BCUT2D eigenvalue weighted by atomic mass is 10.1. The lowest BCUT2D eigenvalue weighted by molar-refractivity contribution is -0.156. The van der Waals surface area contributed by atoms with E-state index < -0.39 is 82.9 Å². The highest BCUT2D eigenvalue weighted by atomic mass is 35.5. The zero-order chi connectivity index (χ0) is 31.5. The van der Waals surface area contributed by atoms with Gasteiger partial charge in [0.05, 0.1) is 16.5 Å². The standard InChI is InChI=1S/C28H26Cl2F4N2O6/c1-5-20(36-7-6-13-8-15(29)16(30)9-14(13)27(36)40)26(39)35-19(11-22(38)42-28(2,3)4)21(37)12-41-25-23(33)17(31)10-18(32)24(25)34/h6-10,19-20H,5,11-12H2,1-4H3,(H,35,39)/t19?,20-/m0/s1. The summed E-state index contributed by atoms with van der Waals surface area (Å²) >= 11 is 12.1. The quantitative estimate of drug-likeness (QED) is 0.175. The maximum Gasteiger partial charge on any atom is 0.308 e. The second-order valence-electron chi connectivity index (χ2n) is 10.2. The number of halogens is 6. The molecule has 0 spiro atoms. The van der Waals surface area contributed by atoms with Crippen molar-refractivity contribution in [3.8, 4) is 5.75 Å². The van der Waals surface area contributed by atoms with Crippen LogP contribution < -0.4 is 15.6 Å². The third-order valence-electron chi connectivity index (χ3n) is 5.92. The molecule has 3 rings (SSSR count). The maximum atomic E-state index is 14.0. The lowest BCUT2D eigenvalue weighted by Gasteiger charge is -2.25. The summed E-state index contributed by atoms with van der Waals surface area (Å²) in [5.74, 6) is -11.6. The molecule has 0 bridgehead atoms. The number of pyridine rings is 1. The van der Waals surface area contributed by atoms with Gasteiger partial charge in [-0.05, 0) is 50.8 Å². The molecule has 1 N–H and O–H groups in total. The molecule has 1 unspecified atom stereocenters. The minimum atomic E-state index is -1.88. The Balaban J connectivity index is 1.90. The first-order chi connectivity index (χ1) is 19.5. The van der Waals surface area contributed by atoms with Crippen molar-refractivity contribution in [2.45, 2.75) is 58.2 Å². The van der Waals surface area contributed by atoms with Crippen LogP contribution in [0.25, 0.3) is 10.8 Å². The van der Waals surface area contributed by atoms with E-state index in [2.05, 4.69) is 5.32 Å². The smallest absolute Gasteiger partial charge is 0.308 e. The van der Waals surface area contributed by atoms with E-state index in [0.717, 1.165) is 4.57 Å². The Morgan fingerprint density at radius 2 is 1.60 bits per heavy atom. The molecule has 14 heteroatoms. The minimum absolute atomic E-state index is 0.0347. The van der Waals surface area contributed by atoms with Gasteiger partial charge in [0, 0.05) is 17.6 Å². The van der Waals surface area contributed by atoms with Crippen LogP contribution in [0.4, 0.5) is 17.6 Å². The van der Waals surface area contributed by atoms with Crippen LogP contribution in [0, 0.1) is 23.3 Å². The Kier molecular flexibility index (Phi) is 10.3. The highest BCUT2D eigenvalue weighted by molar-refractivity contribution is 6.42. The molecule has 0 aliphatic rings.